The maximum atomic E-state index is 13.5. The second kappa shape index (κ2) is 9.51. The lowest BCUT2D eigenvalue weighted by Crippen LogP contribution is -2.51. The zero-order valence-electron chi connectivity index (χ0n) is 17.8. The molecule has 0 unspecified atom stereocenters. The van der Waals surface area contributed by atoms with Crippen molar-refractivity contribution in [3.63, 3.8) is 0 Å². The number of rotatable bonds is 6. The van der Waals surface area contributed by atoms with Crippen LogP contribution in [0.4, 0.5) is 5.69 Å². The summed E-state index contributed by atoms with van der Waals surface area (Å²) in [6, 6.07) is 23.9. The van der Waals surface area contributed by atoms with Gasteiger partial charge in [0.25, 0.3) is 5.69 Å². The minimum absolute atomic E-state index is 0.000626. The van der Waals surface area contributed by atoms with Crippen LogP contribution in [0.1, 0.15) is 17.0 Å². The molecule has 0 aliphatic carbocycles. The number of hydrogen-bond acceptors (Lipinski definition) is 5. The number of amides is 1. The summed E-state index contributed by atoms with van der Waals surface area (Å²) >= 11 is 0. The van der Waals surface area contributed by atoms with Gasteiger partial charge in [0.2, 0.25) is 15.9 Å². The lowest BCUT2D eigenvalue weighted by Gasteiger charge is -2.36. The molecule has 1 heterocycles. The van der Waals surface area contributed by atoms with Gasteiger partial charge in [-0.15, -0.1) is 0 Å². The highest BCUT2D eigenvalue weighted by Gasteiger charge is 2.33. The Kier molecular flexibility index (Phi) is 6.52. The molecule has 0 radical (unpaired) electrons. The summed E-state index contributed by atoms with van der Waals surface area (Å²) in [4.78, 5) is 25.5. The summed E-state index contributed by atoms with van der Waals surface area (Å²) in [6.07, 6.45) is 0. The molecule has 8 nitrogen and oxygen atoms in total. The molecule has 1 fully saturated rings. The van der Waals surface area contributed by atoms with E-state index in [1.165, 1.54) is 28.6 Å². The van der Waals surface area contributed by atoms with Gasteiger partial charge in [-0.1, -0.05) is 60.7 Å². The van der Waals surface area contributed by atoms with E-state index in [4.69, 9.17) is 0 Å². The molecule has 3 aromatic rings. The number of carbonyl (C=O) groups excluding carboxylic acids is 1. The number of nitrogens with zero attached hydrogens (tertiary/aromatic N) is 3. The zero-order valence-corrected chi connectivity index (χ0v) is 18.6. The second-order valence-corrected chi connectivity index (χ2v) is 9.67. The molecule has 33 heavy (non-hydrogen) atoms. The monoisotopic (exact) mass is 465 g/mol. The molecule has 0 aromatic heterocycles. The Morgan fingerprint density at radius 1 is 0.788 bits per heavy atom. The van der Waals surface area contributed by atoms with Gasteiger partial charge in [-0.25, -0.2) is 8.42 Å². The molecule has 170 valence electrons. The van der Waals surface area contributed by atoms with E-state index in [2.05, 4.69) is 0 Å². The van der Waals surface area contributed by atoms with Crippen LogP contribution in [0.2, 0.25) is 0 Å². The lowest BCUT2D eigenvalue weighted by atomic mass is 9.90. The number of nitro benzene ring substituents is 1. The van der Waals surface area contributed by atoms with Crippen molar-refractivity contribution in [1.82, 2.24) is 9.21 Å². The summed E-state index contributed by atoms with van der Waals surface area (Å²) in [7, 11) is -3.81. The van der Waals surface area contributed by atoms with Crippen molar-refractivity contribution in [2.75, 3.05) is 26.2 Å². The summed E-state index contributed by atoms with van der Waals surface area (Å²) in [5, 5.41) is 10.8. The minimum atomic E-state index is -3.81. The van der Waals surface area contributed by atoms with Crippen molar-refractivity contribution < 1.29 is 18.1 Å². The molecule has 0 N–H and O–H groups in total. The van der Waals surface area contributed by atoms with Gasteiger partial charge in [0.1, 0.15) is 0 Å². The minimum Gasteiger partial charge on any atom is -0.339 e. The van der Waals surface area contributed by atoms with Crippen molar-refractivity contribution in [1.29, 1.82) is 0 Å². The highest BCUT2D eigenvalue weighted by Crippen LogP contribution is 2.28. The van der Waals surface area contributed by atoms with Crippen LogP contribution < -0.4 is 0 Å². The van der Waals surface area contributed by atoms with E-state index >= 15 is 0 Å². The van der Waals surface area contributed by atoms with Crippen LogP contribution in [0, 0.1) is 10.1 Å². The Balaban J connectivity index is 1.50. The van der Waals surface area contributed by atoms with Crippen molar-refractivity contribution in [3.8, 4) is 0 Å². The maximum absolute atomic E-state index is 13.5. The second-order valence-electron chi connectivity index (χ2n) is 7.73. The average Bonchev–Trinajstić information content (AvgIpc) is 2.85. The number of carbonyl (C=O) groups is 1. The van der Waals surface area contributed by atoms with Crippen LogP contribution in [0.3, 0.4) is 0 Å². The van der Waals surface area contributed by atoms with Gasteiger partial charge in [0, 0.05) is 38.3 Å². The Bertz CT molecular complexity index is 1180. The molecular weight excluding hydrogens is 442 g/mol. The van der Waals surface area contributed by atoms with Gasteiger partial charge in [-0.2, -0.15) is 4.31 Å². The molecule has 1 aliphatic heterocycles. The number of benzene rings is 3. The first kappa shape index (κ1) is 22.6. The Morgan fingerprint density at radius 2 is 1.27 bits per heavy atom. The van der Waals surface area contributed by atoms with Gasteiger partial charge >= 0.3 is 0 Å². The van der Waals surface area contributed by atoms with Crippen LogP contribution in [-0.4, -0.2) is 54.6 Å². The number of piperazine rings is 1. The highest BCUT2D eigenvalue weighted by molar-refractivity contribution is 7.89. The standard InChI is InChI=1S/C24H23N3O5S/c28-24(23(19-7-3-1-4-8-19)20-9-5-2-6-10-20)25-15-17-26(18-16-25)33(31,32)22-13-11-21(12-14-22)27(29)30/h1-14,23H,15-18H2. The summed E-state index contributed by atoms with van der Waals surface area (Å²) in [5.41, 5.74) is 1.60. The predicted molar refractivity (Wildman–Crippen MR) is 123 cm³/mol. The molecule has 0 atom stereocenters. The van der Waals surface area contributed by atoms with Crippen LogP contribution in [0.5, 0.6) is 0 Å². The Hall–Kier alpha value is -3.56. The van der Waals surface area contributed by atoms with E-state index in [-0.39, 0.29) is 42.7 Å². The van der Waals surface area contributed by atoms with Gasteiger partial charge in [-0.05, 0) is 23.3 Å². The zero-order chi connectivity index (χ0) is 23.4. The molecule has 4 rings (SSSR count). The molecular formula is C24H23N3O5S. The smallest absolute Gasteiger partial charge is 0.269 e. The molecule has 0 saturated carbocycles. The molecule has 0 bridgehead atoms. The van der Waals surface area contributed by atoms with Crippen LogP contribution in [0.15, 0.2) is 89.8 Å². The fourth-order valence-corrected chi connectivity index (χ4v) is 5.41. The number of sulfonamides is 1. The maximum Gasteiger partial charge on any atom is 0.269 e. The van der Waals surface area contributed by atoms with Gasteiger partial charge in [0.05, 0.1) is 15.7 Å². The summed E-state index contributed by atoms with van der Waals surface area (Å²) in [6.45, 7) is 0.838. The first-order chi connectivity index (χ1) is 15.9. The van der Waals surface area contributed by atoms with E-state index in [0.29, 0.717) is 0 Å². The van der Waals surface area contributed by atoms with Crippen molar-refractivity contribution in [2.45, 2.75) is 10.8 Å². The molecule has 1 aliphatic rings. The van der Waals surface area contributed by atoms with Crippen molar-refractivity contribution in [2.24, 2.45) is 0 Å². The van der Waals surface area contributed by atoms with E-state index < -0.39 is 20.9 Å². The third-order valence-corrected chi connectivity index (χ3v) is 7.66. The number of non-ortho nitro benzene ring substituents is 1. The molecule has 1 saturated heterocycles. The lowest BCUT2D eigenvalue weighted by molar-refractivity contribution is -0.384. The topological polar surface area (TPSA) is 101 Å². The fourth-order valence-electron chi connectivity index (χ4n) is 3.99. The van der Waals surface area contributed by atoms with Gasteiger partial charge in [0.15, 0.2) is 0 Å². The Labute approximate surface area is 192 Å². The molecule has 9 heteroatoms. The van der Waals surface area contributed by atoms with Crippen LogP contribution in [-0.2, 0) is 14.8 Å². The predicted octanol–water partition coefficient (Wildman–Crippen LogP) is 3.26. The average molecular weight is 466 g/mol. The van der Waals surface area contributed by atoms with Gasteiger partial charge in [-0.3, -0.25) is 14.9 Å². The normalized spacial score (nSPS) is 14.9. The van der Waals surface area contributed by atoms with E-state index in [1.54, 1.807) is 4.90 Å². The first-order valence-electron chi connectivity index (χ1n) is 10.5. The highest BCUT2D eigenvalue weighted by atomic mass is 32.2. The van der Waals surface area contributed by atoms with Gasteiger partial charge < -0.3 is 4.90 Å². The van der Waals surface area contributed by atoms with Crippen molar-refractivity contribution >= 4 is 21.6 Å². The molecule has 0 spiro atoms. The van der Waals surface area contributed by atoms with E-state index in [1.807, 2.05) is 60.7 Å². The SMILES string of the molecule is O=C(C(c1ccccc1)c1ccccc1)N1CCN(S(=O)(=O)c2ccc([N+](=O)[O-])cc2)CC1. The molecule has 1 amide bonds. The fraction of sp³-hybridized carbons (Fsp3) is 0.208. The van der Waals surface area contributed by atoms with E-state index in [9.17, 15) is 23.3 Å². The third kappa shape index (κ3) is 4.79. The summed E-state index contributed by atoms with van der Waals surface area (Å²) in [5.74, 6) is -0.537. The third-order valence-electron chi connectivity index (χ3n) is 5.75. The molecule has 3 aromatic carbocycles. The Morgan fingerprint density at radius 3 is 1.73 bits per heavy atom. The number of nitro groups is 1. The summed E-state index contributed by atoms with van der Waals surface area (Å²) < 4.78 is 27.3. The van der Waals surface area contributed by atoms with Crippen LogP contribution in [0.25, 0.3) is 0 Å². The van der Waals surface area contributed by atoms with Crippen molar-refractivity contribution in [3.05, 3.63) is 106 Å². The quantitative estimate of drug-likeness (QED) is 0.411. The van der Waals surface area contributed by atoms with Crippen LogP contribution >= 0.6 is 0 Å². The number of hydrogen-bond donors (Lipinski definition) is 0. The largest absolute Gasteiger partial charge is 0.339 e. The first-order valence-corrected chi connectivity index (χ1v) is 12.0. The van der Waals surface area contributed by atoms with E-state index in [0.717, 1.165) is 11.1 Å².